The number of amides is 1. The number of carbonyl (C=O) groups excluding carboxylic acids is 1. The standard InChI is InChI=1S/C15H13F2NO5/c16-15(17)23-8-4-2-1-3-7(8)18-13(19)11-9-5-6-10(22-9)12(11)14(20)21/h1-6,9-12,15H,(H,18,19)(H,20,21)/t9-,10+,11-,12+/m1/s1. The molecule has 0 radical (unpaired) electrons. The lowest BCUT2D eigenvalue weighted by Gasteiger charge is -2.21. The van der Waals surface area contributed by atoms with Gasteiger partial charge in [-0.2, -0.15) is 8.78 Å². The molecule has 6 nitrogen and oxygen atoms in total. The zero-order chi connectivity index (χ0) is 16.6. The first kappa shape index (κ1) is 15.4. The number of hydrogen-bond acceptors (Lipinski definition) is 4. The van der Waals surface area contributed by atoms with E-state index in [2.05, 4.69) is 10.1 Å². The molecule has 0 aliphatic carbocycles. The number of fused-ring (bicyclic) bond motifs is 2. The molecule has 1 saturated heterocycles. The summed E-state index contributed by atoms with van der Waals surface area (Å²) in [7, 11) is 0. The van der Waals surface area contributed by atoms with E-state index in [9.17, 15) is 23.5 Å². The maximum atomic E-state index is 12.4. The molecule has 1 amide bonds. The van der Waals surface area contributed by atoms with Gasteiger partial charge in [-0.3, -0.25) is 9.59 Å². The van der Waals surface area contributed by atoms with Crippen LogP contribution in [0.25, 0.3) is 0 Å². The molecule has 0 saturated carbocycles. The Morgan fingerprint density at radius 3 is 2.48 bits per heavy atom. The fourth-order valence-corrected chi connectivity index (χ4v) is 2.90. The first-order valence-electron chi connectivity index (χ1n) is 6.88. The zero-order valence-corrected chi connectivity index (χ0v) is 11.7. The second-order valence-electron chi connectivity index (χ2n) is 5.20. The number of halogens is 2. The van der Waals surface area contributed by atoms with Gasteiger partial charge in [0, 0.05) is 0 Å². The SMILES string of the molecule is O=C(O)[C@@H]1[C@H](C(=O)Nc2ccccc2OC(F)F)[C@H]2C=C[C@@H]1O2. The van der Waals surface area contributed by atoms with Crippen molar-refractivity contribution in [1.82, 2.24) is 0 Å². The van der Waals surface area contributed by atoms with Crippen molar-refractivity contribution in [2.75, 3.05) is 5.32 Å². The maximum Gasteiger partial charge on any atom is 0.387 e. The minimum Gasteiger partial charge on any atom is -0.481 e. The largest absolute Gasteiger partial charge is 0.481 e. The molecule has 2 aliphatic rings. The molecule has 0 aromatic heterocycles. The van der Waals surface area contributed by atoms with Gasteiger partial charge in [0.2, 0.25) is 5.91 Å². The van der Waals surface area contributed by atoms with Crippen molar-refractivity contribution in [3.05, 3.63) is 36.4 Å². The van der Waals surface area contributed by atoms with Crippen molar-refractivity contribution in [3.8, 4) is 5.75 Å². The van der Waals surface area contributed by atoms with Gasteiger partial charge >= 0.3 is 12.6 Å². The molecule has 3 rings (SSSR count). The summed E-state index contributed by atoms with van der Waals surface area (Å²) in [5, 5.41) is 11.7. The highest BCUT2D eigenvalue weighted by atomic mass is 19.3. The minimum absolute atomic E-state index is 0.0497. The number of rotatable bonds is 5. The van der Waals surface area contributed by atoms with E-state index in [-0.39, 0.29) is 11.4 Å². The summed E-state index contributed by atoms with van der Waals surface area (Å²) in [5.74, 6) is -3.88. The number of alkyl halides is 2. The maximum absolute atomic E-state index is 12.4. The molecular weight excluding hydrogens is 312 g/mol. The Morgan fingerprint density at radius 1 is 1.17 bits per heavy atom. The second-order valence-corrected chi connectivity index (χ2v) is 5.20. The normalized spacial score (nSPS) is 28.1. The first-order valence-corrected chi connectivity index (χ1v) is 6.88. The summed E-state index contributed by atoms with van der Waals surface area (Å²) >= 11 is 0. The molecule has 122 valence electrons. The Morgan fingerprint density at radius 2 is 1.83 bits per heavy atom. The van der Waals surface area contributed by atoms with Crippen LogP contribution in [0.2, 0.25) is 0 Å². The molecule has 2 N–H and O–H groups in total. The predicted molar refractivity (Wildman–Crippen MR) is 74.1 cm³/mol. The summed E-state index contributed by atoms with van der Waals surface area (Å²) in [6, 6.07) is 5.71. The third-order valence-corrected chi connectivity index (χ3v) is 3.85. The summed E-state index contributed by atoms with van der Waals surface area (Å²) in [6.45, 7) is -3.03. The number of nitrogens with one attached hydrogen (secondary N) is 1. The quantitative estimate of drug-likeness (QED) is 0.808. The fraction of sp³-hybridized carbons (Fsp3) is 0.333. The van der Waals surface area contributed by atoms with Gasteiger partial charge < -0.3 is 19.9 Å². The Kier molecular flexibility index (Phi) is 3.99. The Hall–Kier alpha value is -2.48. The van der Waals surface area contributed by atoms with Gasteiger partial charge in [-0.15, -0.1) is 0 Å². The van der Waals surface area contributed by atoms with Gasteiger partial charge in [0.1, 0.15) is 11.7 Å². The number of carboxylic acid groups (broad SMARTS) is 1. The van der Waals surface area contributed by atoms with E-state index in [1.54, 1.807) is 18.2 Å². The van der Waals surface area contributed by atoms with E-state index >= 15 is 0 Å². The van der Waals surface area contributed by atoms with Crippen LogP contribution in [0.4, 0.5) is 14.5 Å². The van der Waals surface area contributed by atoms with Crippen molar-refractivity contribution in [2.45, 2.75) is 18.8 Å². The van der Waals surface area contributed by atoms with Crippen molar-refractivity contribution in [3.63, 3.8) is 0 Å². The highest BCUT2D eigenvalue weighted by molar-refractivity contribution is 5.97. The Labute approximate surface area is 129 Å². The average molecular weight is 325 g/mol. The molecule has 0 unspecified atom stereocenters. The van der Waals surface area contributed by atoms with Crippen LogP contribution in [0, 0.1) is 11.8 Å². The lowest BCUT2D eigenvalue weighted by atomic mass is 9.82. The number of aliphatic carboxylic acids is 1. The molecule has 0 spiro atoms. The molecule has 2 heterocycles. The van der Waals surface area contributed by atoms with Crippen LogP contribution in [-0.4, -0.2) is 35.8 Å². The van der Waals surface area contributed by atoms with Crippen LogP contribution in [0.15, 0.2) is 36.4 Å². The Balaban J connectivity index is 1.80. The summed E-state index contributed by atoms with van der Waals surface area (Å²) in [6.07, 6.45) is 1.96. The topological polar surface area (TPSA) is 84.9 Å². The van der Waals surface area contributed by atoms with Crippen molar-refractivity contribution in [1.29, 1.82) is 0 Å². The van der Waals surface area contributed by atoms with Crippen LogP contribution in [0.5, 0.6) is 5.75 Å². The molecule has 1 fully saturated rings. The van der Waals surface area contributed by atoms with Crippen LogP contribution in [0.1, 0.15) is 0 Å². The van der Waals surface area contributed by atoms with Gasteiger partial charge in [0.25, 0.3) is 0 Å². The van der Waals surface area contributed by atoms with E-state index in [0.717, 1.165) is 0 Å². The van der Waals surface area contributed by atoms with E-state index in [4.69, 9.17) is 4.74 Å². The molecule has 1 aromatic carbocycles. The van der Waals surface area contributed by atoms with E-state index in [1.165, 1.54) is 18.2 Å². The molecule has 8 heteroatoms. The second kappa shape index (κ2) is 5.96. The number of carboxylic acids is 1. The lowest BCUT2D eigenvalue weighted by molar-refractivity contribution is -0.145. The first-order chi connectivity index (χ1) is 11.0. The van der Waals surface area contributed by atoms with Crippen LogP contribution < -0.4 is 10.1 Å². The van der Waals surface area contributed by atoms with Gasteiger partial charge in [-0.1, -0.05) is 24.3 Å². The molecule has 1 aromatic rings. The van der Waals surface area contributed by atoms with Crippen LogP contribution in [0.3, 0.4) is 0 Å². The Bertz CT molecular complexity index is 663. The van der Waals surface area contributed by atoms with Gasteiger partial charge in [0.05, 0.1) is 23.8 Å². The average Bonchev–Trinajstić information content (AvgIpc) is 3.09. The predicted octanol–water partition coefficient (Wildman–Crippen LogP) is 1.88. The number of carbonyl (C=O) groups is 2. The molecule has 2 bridgehead atoms. The van der Waals surface area contributed by atoms with Crippen molar-refractivity contribution >= 4 is 17.6 Å². The summed E-state index contributed by atoms with van der Waals surface area (Å²) < 4.78 is 34.5. The number of para-hydroxylation sites is 2. The summed E-state index contributed by atoms with van der Waals surface area (Å²) in [4.78, 5) is 23.8. The monoisotopic (exact) mass is 325 g/mol. The van der Waals surface area contributed by atoms with Crippen LogP contribution in [-0.2, 0) is 14.3 Å². The number of ether oxygens (including phenoxy) is 2. The van der Waals surface area contributed by atoms with Crippen molar-refractivity contribution < 1.29 is 33.0 Å². The van der Waals surface area contributed by atoms with E-state index in [0.29, 0.717) is 0 Å². The highest BCUT2D eigenvalue weighted by Crippen LogP contribution is 2.40. The highest BCUT2D eigenvalue weighted by Gasteiger charge is 2.53. The van der Waals surface area contributed by atoms with Crippen LogP contribution >= 0.6 is 0 Å². The molecular formula is C15H13F2NO5. The number of hydrogen-bond donors (Lipinski definition) is 2. The van der Waals surface area contributed by atoms with Gasteiger partial charge in [-0.25, -0.2) is 0 Å². The molecule has 4 atom stereocenters. The van der Waals surface area contributed by atoms with Crippen molar-refractivity contribution in [2.24, 2.45) is 11.8 Å². The van der Waals surface area contributed by atoms with Gasteiger partial charge in [-0.05, 0) is 12.1 Å². The summed E-state index contributed by atoms with van der Waals surface area (Å²) in [5.41, 5.74) is 0.0497. The lowest BCUT2D eigenvalue weighted by Crippen LogP contribution is -2.39. The van der Waals surface area contributed by atoms with Gasteiger partial charge in [0.15, 0.2) is 0 Å². The number of benzene rings is 1. The van der Waals surface area contributed by atoms with E-state index in [1.807, 2.05) is 0 Å². The fourth-order valence-electron chi connectivity index (χ4n) is 2.90. The third-order valence-electron chi connectivity index (χ3n) is 3.85. The molecule has 2 aliphatic heterocycles. The minimum atomic E-state index is -3.03. The van der Waals surface area contributed by atoms with E-state index < -0.39 is 42.5 Å². The zero-order valence-electron chi connectivity index (χ0n) is 11.7. The number of anilines is 1. The molecule has 23 heavy (non-hydrogen) atoms. The third kappa shape index (κ3) is 2.89. The smallest absolute Gasteiger partial charge is 0.387 e.